The molecule has 1 heterocycles. The number of nitrogens with one attached hydrogen (secondary N) is 1. The van der Waals surface area contributed by atoms with Crippen LogP contribution < -0.4 is 15.0 Å². The van der Waals surface area contributed by atoms with Gasteiger partial charge in [0, 0.05) is 23.3 Å². The van der Waals surface area contributed by atoms with E-state index >= 15 is 0 Å². The third-order valence-corrected chi connectivity index (χ3v) is 6.80. The van der Waals surface area contributed by atoms with E-state index in [9.17, 15) is 9.59 Å². The van der Waals surface area contributed by atoms with Crippen LogP contribution in [0.5, 0.6) is 5.75 Å². The highest BCUT2D eigenvalue weighted by molar-refractivity contribution is 6.07. The second-order valence-electron chi connectivity index (χ2n) is 10.0. The second kappa shape index (κ2) is 9.06. The molecule has 1 unspecified atom stereocenters. The van der Waals surface area contributed by atoms with Crippen molar-refractivity contribution < 1.29 is 14.3 Å². The highest BCUT2D eigenvalue weighted by atomic mass is 16.5. The fraction of sp³-hybridized carbons (Fsp3) is 0.267. The fourth-order valence-electron chi connectivity index (χ4n) is 5.30. The maximum Gasteiger partial charge on any atom is 0.232 e. The Labute approximate surface area is 206 Å². The lowest BCUT2D eigenvalue weighted by molar-refractivity contribution is -0.119. The van der Waals surface area contributed by atoms with Crippen LogP contribution in [-0.2, 0) is 16.0 Å². The van der Waals surface area contributed by atoms with E-state index < -0.39 is 6.04 Å². The summed E-state index contributed by atoms with van der Waals surface area (Å²) in [5.74, 6) is 0.636. The number of carbonyl (C=O) groups excluding carboxylic acids is 2. The molecule has 1 atom stereocenters. The Morgan fingerprint density at radius 2 is 1.66 bits per heavy atom. The molecule has 3 aromatic rings. The van der Waals surface area contributed by atoms with Crippen molar-refractivity contribution in [2.75, 3.05) is 17.3 Å². The first-order valence-corrected chi connectivity index (χ1v) is 12.0. The molecule has 2 aliphatic rings. The van der Waals surface area contributed by atoms with Gasteiger partial charge in [-0.3, -0.25) is 14.5 Å². The summed E-state index contributed by atoms with van der Waals surface area (Å²) in [5, 5.41) is 3.56. The minimum atomic E-state index is -0.600. The van der Waals surface area contributed by atoms with E-state index in [-0.39, 0.29) is 23.5 Å². The molecule has 0 saturated heterocycles. The number of rotatable bonds is 4. The number of nitrogens with zero attached hydrogens (tertiary/aromatic N) is 1. The van der Waals surface area contributed by atoms with Crippen LogP contribution in [0, 0.1) is 5.41 Å². The van der Waals surface area contributed by atoms with Gasteiger partial charge in [0.05, 0.1) is 30.9 Å². The lowest BCUT2D eigenvalue weighted by Gasteiger charge is -2.37. The zero-order valence-corrected chi connectivity index (χ0v) is 20.4. The number of amides is 1. The van der Waals surface area contributed by atoms with E-state index in [0.717, 1.165) is 34.6 Å². The van der Waals surface area contributed by atoms with Crippen LogP contribution in [-0.4, -0.2) is 18.8 Å². The molecule has 5 rings (SSSR count). The maximum atomic E-state index is 14.1. The van der Waals surface area contributed by atoms with Gasteiger partial charge in [-0.2, -0.15) is 0 Å². The number of ketones is 1. The normalized spacial score (nSPS) is 18.8. The predicted molar refractivity (Wildman–Crippen MR) is 138 cm³/mol. The minimum Gasteiger partial charge on any atom is -0.496 e. The van der Waals surface area contributed by atoms with Crippen molar-refractivity contribution in [2.45, 2.75) is 39.2 Å². The second-order valence-corrected chi connectivity index (χ2v) is 10.0. The van der Waals surface area contributed by atoms with E-state index in [1.807, 2.05) is 78.9 Å². The van der Waals surface area contributed by atoms with Crippen molar-refractivity contribution >= 4 is 23.1 Å². The molecule has 1 aliphatic carbocycles. The molecule has 1 aliphatic heterocycles. The minimum absolute atomic E-state index is 0.0602. The summed E-state index contributed by atoms with van der Waals surface area (Å²) in [6.45, 7) is 4.23. The Morgan fingerprint density at radius 1 is 0.971 bits per heavy atom. The first-order chi connectivity index (χ1) is 16.9. The molecule has 5 heteroatoms. The summed E-state index contributed by atoms with van der Waals surface area (Å²) in [6, 6.07) is 24.6. The quantitative estimate of drug-likeness (QED) is 0.506. The number of methoxy groups -OCH3 is 1. The van der Waals surface area contributed by atoms with Crippen LogP contribution in [0.15, 0.2) is 90.1 Å². The monoisotopic (exact) mass is 466 g/mol. The number of hydrogen-bond acceptors (Lipinski definition) is 4. The first kappa shape index (κ1) is 22.9. The average Bonchev–Trinajstić information content (AvgIpc) is 2.98. The molecule has 3 aromatic carbocycles. The summed E-state index contributed by atoms with van der Waals surface area (Å²) >= 11 is 0. The van der Waals surface area contributed by atoms with Crippen LogP contribution in [0.1, 0.15) is 43.9 Å². The van der Waals surface area contributed by atoms with Gasteiger partial charge in [0.25, 0.3) is 0 Å². The molecular formula is C30H30N2O3. The van der Waals surface area contributed by atoms with Gasteiger partial charge in [-0.05, 0) is 35.6 Å². The Bertz CT molecular complexity index is 1310. The number of para-hydroxylation sites is 3. The zero-order valence-electron chi connectivity index (χ0n) is 20.4. The molecule has 0 spiro atoms. The maximum absolute atomic E-state index is 14.1. The van der Waals surface area contributed by atoms with Crippen molar-refractivity contribution in [3.8, 4) is 5.75 Å². The van der Waals surface area contributed by atoms with Crippen molar-refractivity contribution in [1.29, 1.82) is 0 Å². The molecule has 0 aromatic heterocycles. The summed E-state index contributed by atoms with van der Waals surface area (Å²) in [4.78, 5) is 29.7. The van der Waals surface area contributed by atoms with Gasteiger partial charge in [-0.1, -0.05) is 74.5 Å². The van der Waals surface area contributed by atoms with E-state index in [4.69, 9.17) is 4.74 Å². The summed E-state index contributed by atoms with van der Waals surface area (Å²) in [6.07, 6.45) is 1.37. The van der Waals surface area contributed by atoms with Crippen LogP contribution in [0.3, 0.4) is 0 Å². The Morgan fingerprint density at radius 3 is 2.43 bits per heavy atom. The van der Waals surface area contributed by atoms with Gasteiger partial charge in [-0.15, -0.1) is 0 Å². The van der Waals surface area contributed by atoms with E-state index in [0.29, 0.717) is 17.7 Å². The van der Waals surface area contributed by atoms with Crippen LogP contribution >= 0.6 is 0 Å². The third-order valence-electron chi connectivity index (χ3n) is 6.80. The van der Waals surface area contributed by atoms with E-state index in [1.54, 1.807) is 12.0 Å². The highest BCUT2D eigenvalue weighted by Crippen LogP contribution is 2.49. The van der Waals surface area contributed by atoms with E-state index in [2.05, 4.69) is 19.2 Å². The lowest BCUT2D eigenvalue weighted by Crippen LogP contribution is -2.40. The van der Waals surface area contributed by atoms with Crippen molar-refractivity contribution in [3.05, 3.63) is 101 Å². The molecule has 1 amide bonds. The van der Waals surface area contributed by atoms with Gasteiger partial charge in [0.2, 0.25) is 5.91 Å². The molecule has 0 saturated carbocycles. The summed E-state index contributed by atoms with van der Waals surface area (Å²) < 4.78 is 5.74. The Balaban J connectivity index is 1.75. The van der Waals surface area contributed by atoms with Crippen molar-refractivity contribution in [2.24, 2.45) is 5.41 Å². The smallest absolute Gasteiger partial charge is 0.232 e. The standard InChI is InChI=1S/C30H30N2O3/c1-30(2)18-23-28(25(33)19-30)29(21-13-7-10-16-26(21)35-3)32(24-15-9-8-14-22(24)31-23)27(34)17-20-11-5-4-6-12-20/h4-16,29,31H,17-19H2,1-3H3. The van der Waals surface area contributed by atoms with Crippen molar-refractivity contribution in [1.82, 2.24) is 0 Å². The summed E-state index contributed by atoms with van der Waals surface area (Å²) in [5.41, 5.74) is 4.66. The number of allylic oxidation sites excluding steroid dienone is 1. The van der Waals surface area contributed by atoms with Crippen LogP contribution in [0.4, 0.5) is 11.4 Å². The number of hydrogen-bond donors (Lipinski definition) is 1. The molecule has 0 fully saturated rings. The fourth-order valence-corrected chi connectivity index (χ4v) is 5.30. The van der Waals surface area contributed by atoms with Gasteiger partial charge in [-0.25, -0.2) is 0 Å². The van der Waals surface area contributed by atoms with Crippen molar-refractivity contribution in [3.63, 3.8) is 0 Å². The Kier molecular flexibility index (Phi) is 5.93. The molecule has 1 N–H and O–H groups in total. The largest absolute Gasteiger partial charge is 0.496 e. The van der Waals surface area contributed by atoms with E-state index in [1.165, 1.54) is 0 Å². The molecule has 5 nitrogen and oxygen atoms in total. The van der Waals surface area contributed by atoms with Gasteiger partial charge < -0.3 is 10.1 Å². The lowest BCUT2D eigenvalue weighted by atomic mass is 9.73. The molecule has 178 valence electrons. The number of fused-ring (bicyclic) bond motifs is 1. The Hall–Kier alpha value is -3.86. The predicted octanol–water partition coefficient (Wildman–Crippen LogP) is 6.08. The van der Waals surface area contributed by atoms with Crippen LogP contribution in [0.2, 0.25) is 0 Å². The third kappa shape index (κ3) is 4.34. The molecule has 0 radical (unpaired) electrons. The van der Waals surface area contributed by atoms with Gasteiger partial charge in [0.15, 0.2) is 5.78 Å². The number of Topliss-reactive ketones (excluding diaryl/α,β-unsaturated/α-hetero) is 1. The molecule has 0 bridgehead atoms. The molecule has 35 heavy (non-hydrogen) atoms. The highest BCUT2D eigenvalue weighted by Gasteiger charge is 2.43. The SMILES string of the molecule is COc1ccccc1C1C2=C(CC(C)(C)CC2=O)Nc2ccccc2N1C(=O)Cc1ccccc1. The van der Waals surface area contributed by atoms with Crippen LogP contribution in [0.25, 0.3) is 0 Å². The summed E-state index contributed by atoms with van der Waals surface area (Å²) in [7, 11) is 1.62. The van der Waals surface area contributed by atoms with Gasteiger partial charge in [0.1, 0.15) is 5.75 Å². The average molecular weight is 467 g/mol. The first-order valence-electron chi connectivity index (χ1n) is 12.0. The number of benzene rings is 3. The number of anilines is 2. The zero-order chi connectivity index (χ0) is 24.6. The number of ether oxygens (including phenoxy) is 1. The number of carbonyl (C=O) groups is 2. The topological polar surface area (TPSA) is 58.6 Å². The molecular weight excluding hydrogens is 436 g/mol. The van der Waals surface area contributed by atoms with Gasteiger partial charge >= 0.3 is 0 Å².